The minimum Gasteiger partial charge on any atom is -0.491 e. The number of nitrogens with one attached hydrogen (secondary N) is 1. The topological polar surface area (TPSA) is 58.6 Å². The van der Waals surface area contributed by atoms with Gasteiger partial charge in [0.05, 0.1) is 17.7 Å². The van der Waals surface area contributed by atoms with Gasteiger partial charge in [-0.25, -0.2) is 4.39 Å². The molecule has 0 radical (unpaired) electrons. The van der Waals surface area contributed by atoms with Crippen molar-refractivity contribution in [1.82, 2.24) is 0 Å². The number of nitrogens with zero attached hydrogens (tertiary/aromatic N) is 1. The largest absolute Gasteiger partial charge is 0.491 e. The summed E-state index contributed by atoms with van der Waals surface area (Å²) in [6, 6.07) is 11.6. The van der Waals surface area contributed by atoms with Gasteiger partial charge in [0.15, 0.2) is 0 Å². The van der Waals surface area contributed by atoms with E-state index in [2.05, 4.69) is 21.2 Å². The minimum absolute atomic E-state index is 0.0661. The van der Waals surface area contributed by atoms with Gasteiger partial charge in [0.2, 0.25) is 11.8 Å². The lowest BCUT2D eigenvalue weighted by molar-refractivity contribution is -0.122. The van der Waals surface area contributed by atoms with Gasteiger partial charge in [0.1, 0.15) is 11.6 Å². The second kappa shape index (κ2) is 8.08. The van der Waals surface area contributed by atoms with Crippen LogP contribution in [0.5, 0.6) is 5.75 Å². The van der Waals surface area contributed by atoms with E-state index < -0.39 is 11.7 Å². The molecule has 0 saturated carbocycles. The quantitative estimate of drug-likeness (QED) is 0.759. The molecule has 5 nitrogen and oxygen atoms in total. The van der Waals surface area contributed by atoms with Gasteiger partial charge in [-0.15, -0.1) is 0 Å². The Bertz CT molecular complexity index is 855. The summed E-state index contributed by atoms with van der Waals surface area (Å²) >= 11 is 3.18. The summed E-state index contributed by atoms with van der Waals surface area (Å²) in [5.41, 5.74) is 0.811. The predicted octanol–water partition coefficient (Wildman–Crippen LogP) is 4.37. The van der Waals surface area contributed by atoms with E-state index in [0.717, 1.165) is 5.75 Å². The lowest BCUT2D eigenvalue weighted by atomic mass is 10.1. The number of halogens is 2. The van der Waals surface area contributed by atoms with Crippen molar-refractivity contribution in [1.29, 1.82) is 0 Å². The smallest absolute Gasteiger partial charge is 0.229 e. The molecule has 0 bridgehead atoms. The first-order chi connectivity index (χ1) is 12.8. The number of anilines is 2. The second-order valence-corrected chi connectivity index (χ2v) is 7.59. The zero-order valence-corrected chi connectivity index (χ0v) is 16.6. The van der Waals surface area contributed by atoms with Gasteiger partial charge in [0.25, 0.3) is 0 Å². The zero-order valence-electron chi connectivity index (χ0n) is 15.0. The van der Waals surface area contributed by atoms with E-state index in [1.54, 1.807) is 35.2 Å². The van der Waals surface area contributed by atoms with Crippen molar-refractivity contribution < 1.29 is 18.7 Å². The number of rotatable bonds is 5. The molecule has 7 heteroatoms. The lowest BCUT2D eigenvalue weighted by Crippen LogP contribution is -2.28. The van der Waals surface area contributed by atoms with Gasteiger partial charge in [-0.3, -0.25) is 9.59 Å². The third kappa shape index (κ3) is 4.66. The Balaban J connectivity index is 1.66. The Hall–Kier alpha value is -2.41. The molecule has 1 fully saturated rings. The monoisotopic (exact) mass is 434 g/mol. The Labute approximate surface area is 165 Å². The zero-order chi connectivity index (χ0) is 19.6. The molecular weight excluding hydrogens is 415 g/mol. The predicted molar refractivity (Wildman–Crippen MR) is 105 cm³/mol. The number of amides is 2. The SMILES string of the molecule is CC(C)Oc1ccc(N2C[C@@H](C(=O)Nc3ccc(Br)cc3F)CC2=O)cc1. The average molecular weight is 435 g/mol. The van der Waals surface area contributed by atoms with Gasteiger partial charge < -0.3 is 15.0 Å². The van der Waals surface area contributed by atoms with Gasteiger partial charge in [-0.05, 0) is 56.3 Å². The van der Waals surface area contributed by atoms with Crippen molar-refractivity contribution in [2.45, 2.75) is 26.4 Å². The van der Waals surface area contributed by atoms with Crippen molar-refractivity contribution >= 4 is 39.1 Å². The number of ether oxygens (including phenoxy) is 1. The molecule has 0 aliphatic carbocycles. The summed E-state index contributed by atoms with van der Waals surface area (Å²) < 4.78 is 20.1. The van der Waals surface area contributed by atoms with Gasteiger partial charge in [-0.2, -0.15) is 0 Å². The van der Waals surface area contributed by atoms with E-state index in [1.165, 1.54) is 12.1 Å². The van der Waals surface area contributed by atoms with Crippen LogP contribution in [-0.4, -0.2) is 24.5 Å². The minimum atomic E-state index is -0.535. The van der Waals surface area contributed by atoms with Crippen LogP contribution >= 0.6 is 15.9 Å². The van der Waals surface area contributed by atoms with Crippen molar-refractivity contribution in [2.24, 2.45) is 5.92 Å². The molecular formula is C20H20BrFN2O3. The molecule has 0 aromatic heterocycles. The average Bonchev–Trinajstić information content (AvgIpc) is 2.99. The second-order valence-electron chi connectivity index (χ2n) is 6.68. The van der Waals surface area contributed by atoms with Crippen molar-refractivity contribution in [2.75, 3.05) is 16.8 Å². The van der Waals surface area contributed by atoms with E-state index in [0.29, 0.717) is 10.2 Å². The molecule has 0 spiro atoms. The van der Waals surface area contributed by atoms with Crippen LogP contribution in [0.15, 0.2) is 46.9 Å². The molecule has 27 heavy (non-hydrogen) atoms. The van der Waals surface area contributed by atoms with Gasteiger partial charge in [-0.1, -0.05) is 15.9 Å². The summed E-state index contributed by atoms with van der Waals surface area (Å²) in [4.78, 5) is 26.4. The van der Waals surface area contributed by atoms with Crippen molar-refractivity contribution in [3.8, 4) is 5.75 Å². The van der Waals surface area contributed by atoms with Crippen LogP contribution in [0.2, 0.25) is 0 Å². The maximum atomic E-state index is 13.9. The third-order valence-corrected chi connectivity index (χ3v) is 4.70. The molecule has 1 saturated heterocycles. The molecule has 1 atom stereocenters. The van der Waals surface area contributed by atoms with Crippen molar-refractivity contribution in [3.05, 3.63) is 52.8 Å². The van der Waals surface area contributed by atoms with E-state index in [4.69, 9.17) is 4.74 Å². The standard InChI is InChI=1S/C20H20BrFN2O3/c1-12(2)27-16-6-4-15(5-7-16)24-11-13(9-19(24)25)20(26)23-18-8-3-14(21)10-17(18)22/h3-8,10,12-13H,9,11H2,1-2H3,(H,23,26)/t13-/m0/s1. The highest BCUT2D eigenvalue weighted by Crippen LogP contribution is 2.28. The fourth-order valence-electron chi connectivity index (χ4n) is 2.94. The summed E-state index contributed by atoms with van der Waals surface area (Å²) in [5, 5.41) is 2.57. The molecule has 3 rings (SSSR count). The Morgan fingerprint density at radius 2 is 1.96 bits per heavy atom. The number of hydrogen-bond donors (Lipinski definition) is 1. The van der Waals surface area contributed by atoms with Crippen LogP contribution < -0.4 is 15.0 Å². The Morgan fingerprint density at radius 3 is 2.59 bits per heavy atom. The fraction of sp³-hybridized carbons (Fsp3) is 0.300. The Morgan fingerprint density at radius 1 is 1.26 bits per heavy atom. The van der Waals surface area contributed by atoms with Crippen LogP contribution in [0.4, 0.5) is 15.8 Å². The fourth-order valence-corrected chi connectivity index (χ4v) is 3.27. The highest BCUT2D eigenvalue weighted by molar-refractivity contribution is 9.10. The maximum Gasteiger partial charge on any atom is 0.229 e. The maximum absolute atomic E-state index is 13.9. The summed E-state index contributed by atoms with van der Waals surface area (Å²) in [6.45, 7) is 4.14. The first kappa shape index (κ1) is 19.4. The van der Waals surface area contributed by atoms with Crippen LogP contribution in [-0.2, 0) is 9.59 Å². The van der Waals surface area contributed by atoms with Gasteiger partial charge in [0, 0.05) is 23.1 Å². The summed E-state index contributed by atoms with van der Waals surface area (Å²) in [5.74, 6) is -0.844. The normalized spacial score (nSPS) is 16.7. The number of hydrogen-bond acceptors (Lipinski definition) is 3. The van der Waals surface area contributed by atoms with E-state index in [9.17, 15) is 14.0 Å². The molecule has 1 aliphatic rings. The Kier molecular flexibility index (Phi) is 5.79. The van der Waals surface area contributed by atoms with E-state index in [1.807, 2.05) is 13.8 Å². The lowest BCUT2D eigenvalue weighted by Gasteiger charge is -2.18. The van der Waals surface area contributed by atoms with Gasteiger partial charge >= 0.3 is 0 Å². The van der Waals surface area contributed by atoms with Crippen LogP contribution in [0, 0.1) is 11.7 Å². The number of carbonyl (C=O) groups is 2. The van der Waals surface area contributed by atoms with E-state index in [-0.39, 0.29) is 36.6 Å². The van der Waals surface area contributed by atoms with Crippen LogP contribution in [0.1, 0.15) is 20.3 Å². The third-order valence-electron chi connectivity index (χ3n) is 4.21. The molecule has 2 aromatic rings. The molecule has 2 amide bonds. The highest BCUT2D eigenvalue weighted by atomic mass is 79.9. The summed E-state index contributed by atoms with van der Waals surface area (Å²) in [7, 11) is 0. The number of benzene rings is 2. The highest BCUT2D eigenvalue weighted by Gasteiger charge is 2.35. The van der Waals surface area contributed by atoms with Crippen molar-refractivity contribution in [3.63, 3.8) is 0 Å². The molecule has 1 aliphatic heterocycles. The van der Waals surface area contributed by atoms with Crippen LogP contribution in [0.3, 0.4) is 0 Å². The van der Waals surface area contributed by atoms with Crippen LogP contribution in [0.25, 0.3) is 0 Å². The number of carbonyl (C=O) groups excluding carboxylic acids is 2. The van der Waals surface area contributed by atoms with E-state index >= 15 is 0 Å². The molecule has 0 unspecified atom stereocenters. The molecule has 2 aromatic carbocycles. The summed E-state index contributed by atoms with van der Waals surface area (Å²) in [6.07, 6.45) is 0.158. The molecule has 142 valence electrons. The first-order valence-electron chi connectivity index (χ1n) is 8.66. The molecule has 1 heterocycles. The first-order valence-corrected chi connectivity index (χ1v) is 9.46. The molecule has 1 N–H and O–H groups in total.